The Morgan fingerprint density at radius 1 is 0.822 bits per heavy atom. The molecule has 11 heteroatoms. The maximum Gasteiger partial charge on any atom is 0.264 e. The highest BCUT2D eigenvalue weighted by Crippen LogP contribution is 2.35. The fourth-order valence-corrected chi connectivity index (χ4v) is 6.92. The monoisotopic (exact) mass is 685 g/mol. The van der Waals surface area contributed by atoms with Crippen LogP contribution in [-0.4, -0.2) is 44.3 Å². The van der Waals surface area contributed by atoms with Gasteiger partial charge in [0.2, 0.25) is 11.8 Å². The summed E-state index contributed by atoms with van der Waals surface area (Å²) >= 11 is 19.1. The molecule has 0 radical (unpaired) electrons. The summed E-state index contributed by atoms with van der Waals surface area (Å²) in [5.74, 6) is -0.960. The highest BCUT2D eigenvalue weighted by molar-refractivity contribution is 7.92. The largest absolute Gasteiger partial charge is 0.354 e. The molecule has 236 valence electrons. The van der Waals surface area contributed by atoms with Crippen molar-refractivity contribution in [2.75, 3.05) is 17.4 Å². The molecule has 0 aromatic heterocycles. The summed E-state index contributed by atoms with van der Waals surface area (Å²) in [5.41, 5.74) is 1.55. The minimum Gasteiger partial charge on any atom is -0.354 e. The van der Waals surface area contributed by atoms with Gasteiger partial charge in [-0.3, -0.25) is 13.9 Å². The molecule has 7 nitrogen and oxygen atoms in total. The van der Waals surface area contributed by atoms with Crippen LogP contribution in [0.3, 0.4) is 0 Å². The highest BCUT2D eigenvalue weighted by atomic mass is 35.5. The Morgan fingerprint density at radius 3 is 2.13 bits per heavy atom. The zero-order valence-corrected chi connectivity index (χ0v) is 27.8. The molecule has 45 heavy (non-hydrogen) atoms. The molecule has 0 bridgehead atoms. The lowest BCUT2D eigenvalue weighted by Crippen LogP contribution is -2.53. The van der Waals surface area contributed by atoms with E-state index in [1.54, 1.807) is 48.5 Å². The van der Waals surface area contributed by atoms with Crippen LogP contribution < -0.4 is 9.62 Å². The number of rotatable bonds is 14. The van der Waals surface area contributed by atoms with E-state index in [9.17, 15) is 18.0 Å². The molecular weight excluding hydrogens is 653 g/mol. The lowest BCUT2D eigenvalue weighted by atomic mass is 10.0. The van der Waals surface area contributed by atoms with E-state index in [-0.39, 0.29) is 39.5 Å². The maximum atomic E-state index is 14.5. The van der Waals surface area contributed by atoms with Gasteiger partial charge < -0.3 is 10.2 Å². The lowest BCUT2D eigenvalue weighted by Gasteiger charge is -2.34. The van der Waals surface area contributed by atoms with Gasteiger partial charge in [0.25, 0.3) is 10.0 Å². The molecule has 0 saturated carbocycles. The number of benzene rings is 4. The molecule has 1 atom stereocenters. The maximum absolute atomic E-state index is 14.5. The molecule has 4 rings (SSSR count). The van der Waals surface area contributed by atoms with E-state index in [0.29, 0.717) is 17.1 Å². The van der Waals surface area contributed by atoms with Crippen LogP contribution in [0.5, 0.6) is 0 Å². The van der Waals surface area contributed by atoms with Crippen molar-refractivity contribution in [3.05, 3.63) is 129 Å². The van der Waals surface area contributed by atoms with E-state index in [0.717, 1.165) is 22.7 Å². The summed E-state index contributed by atoms with van der Waals surface area (Å²) in [7, 11) is -4.30. The topological polar surface area (TPSA) is 86.8 Å². The Balaban J connectivity index is 1.81. The average Bonchev–Trinajstić information content (AvgIpc) is 3.04. The minimum absolute atomic E-state index is 0.000589. The number of unbranched alkanes of at least 4 members (excludes halogenated alkanes) is 1. The van der Waals surface area contributed by atoms with Gasteiger partial charge in [-0.05, 0) is 53.9 Å². The molecule has 0 aliphatic carbocycles. The van der Waals surface area contributed by atoms with Gasteiger partial charge in [0, 0.05) is 24.5 Å². The molecule has 0 heterocycles. The average molecular weight is 687 g/mol. The van der Waals surface area contributed by atoms with Crippen LogP contribution in [0, 0.1) is 0 Å². The number of sulfonamides is 1. The van der Waals surface area contributed by atoms with Crippen molar-refractivity contribution in [1.29, 1.82) is 0 Å². The minimum atomic E-state index is -4.30. The van der Waals surface area contributed by atoms with Gasteiger partial charge in [-0.1, -0.05) is 115 Å². The first-order chi connectivity index (χ1) is 21.6. The van der Waals surface area contributed by atoms with Crippen molar-refractivity contribution in [1.82, 2.24) is 10.2 Å². The first kappa shape index (κ1) is 34.3. The SMILES string of the molecule is CCCCNC(=O)[C@@H](Cc1ccccc1)N(Cc1cccc(Cl)c1)C(=O)CN(c1cccc(Cl)c1Cl)S(=O)(=O)c1ccccc1. The number of carbonyl (C=O) groups is 2. The van der Waals surface area contributed by atoms with E-state index >= 15 is 0 Å². The Bertz CT molecular complexity index is 1710. The van der Waals surface area contributed by atoms with Crippen LogP contribution in [0.1, 0.15) is 30.9 Å². The van der Waals surface area contributed by atoms with Gasteiger partial charge in [0.05, 0.1) is 20.6 Å². The van der Waals surface area contributed by atoms with Gasteiger partial charge in [0.15, 0.2) is 0 Å². The van der Waals surface area contributed by atoms with E-state index in [2.05, 4.69) is 5.32 Å². The van der Waals surface area contributed by atoms with Crippen molar-refractivity contribution >= 4 is 62.3 Å². The van der Waals surface area contributed by atoms with Crippen molar-refractivity contribution in [2.24, 2.45) is 0 Å². The van der Waals surface area contributed by atoms with Crippen LogP contribution in [0.2, 0.25) is 15.1 Å². The Morgan fingerprint density at radius 2 is 1.47 bits per heavy atom. The van der Waals surface area contributed by atoms with Gasteiger partial charge >= 0.3 is 0 Å². The van der Waals surface area contributed by atoms with Gasteiger partial charge in [0.1, 0.15) is 12.6 Å². The van der Waals surface area contributed by atoms with Crippen molar-refractivity contribution < 1.29 is 18.0 Å². The van der Waals surface area contributed by atoms with Crippen molar-refractivity contribution in [2.45, 2.75) is 43.7 Å². The van der Waals surface area contributed by atoms with Crippen LogP contribution in [0.15, 0.2) is 108 Å². The standard InChI is InChI=1S/C34H34Cl3N3O4S/c1-2-3-20-38-34(42)31(22-25-12-6-4-7-13-25)39(23-26-14-10-15-27(35)21-26)32(41)24-40(30-19-11-18-29(36)33(30)37)45(43,44)28-16-8-5-9-17-28/h4-19,21,31H,2-3,20,22-24H2,1H3,(H,38,42)/t31-/m1/s1. The summed E-state index contributed by atoms with van der Waals surface area (Å²) in [5, 5.41) is 3.53. The quantitative estimate of drug-likeness (QED) is 0.140. The van der Waals surface area contributed by atoms with Crippen LogP contribution >= 0.6 is 34.8 Å². The molecule has 0 fully saturated rings. The third-order valence-corrected chi connectivity index (χ3v) is 9.97. The van der Waals surface area contributed by atoms with E-state index in [4.69, 9.17) is 34.8 Å². The lowest BCUT2D eigenvalue weighted by molar-refractivity contribution is -0.140. The fourth-order valence-electron chi connectivity index (χ4n) is 4.81. The zero-order valence-electron chi connectivity index (χ0n) is 24.7. The van der Waals surface area contributed by atoms with E-state index in [1.807, 2.05) is 37.3 Å². The molecule has 0 unspecified atom stereocenters. The second-order valence-electron chi connectivity index (χ2n) is 10.4. The third kappa shape index (κ3) is 9.01. The number of nitrogens with zero attached hydrogens (tertiary/aromatic N) is 2. The number of nitrogens with one attached hydrogen (secondary N) is 1. The fraction of sp³-hybridized carbons (Fsp3) is 0.235. The second-order valence-corrected chi connectivity index (χ2v) is 13.5. The smallest absolute Gasteiger partial charge is 0.264 e. The number of carbonyl (C=O) groups excluding carboxylic acids is 2. The summed E-state index contributed by atoms with van der Waals surface area (Å²) < 4.78 is 29.1. The molecule has 1 N–H and O–H groups in total. The van der Waals surface area contributed by atoms with E-state index in [1.165, 1.54) is 29.2 Å². The summed E-state index contributed by atoms with van der Waals surface area (Å²) in [6.07, 6.45) is 1.85. The normalized spacial score (nSPS) is 11.9. The van der Waals surface area contributed by atoms with Crippen LogP contribution in [-0.2, 0) is 32.6 Å². The Labute approximate surface area is 279 Å². The zero-order chi connectivity index (χ0) is 32.4. The molecule has 4 aromatic rings. The number of halogens is 3. The molecule has 4 aromatic carbocycles. The molecule has 0 aliphatic heterocycles. The predicted molar refractivity (Wildman–Crippen MR) is 181 cm³/mol. The van der Waals surface area contributed by atoms with Crippen molar-refractivity contribution in [3.63, 3.8) is 0 Å². The molecule has 2 amide bonds. The first-order valence-electron chi connectivity index (χ1n) is 14.5. The third-order valence-electron chi connectivity index (χ3n) is 7.15. The number of hydrogen-bond donors (Lipinski definition) is 1. The predicted octanol–water partition coefficient (Wildman–Crippen LogP) is 7.40. The number of anilines is 1. The molecular formula is C34H34Cl3N3O4S. The van der Waals surface area contributed by atoms with Crippen LogP contribution in [0.4, 0.5) is 5.69 Å². The van der Waals surface area contributed by atoms with Crippen molar-refractivity contribution in [3.8, 4) is 0 Å². The second kappa shape index (κ2) is 16.1. The summed E-state index contributed by atoms with van der Waals surface area (Å²) in [4.78, 5) is 29.7. The highest BCUT2D eigenvalue weighted by Gasteiger charge is 2.35. The summed E-state index contributed by atoms with van der Waals surface area (Å²) in [6, 6.07) is 27.7. The molecule has 0 saturated heterocycles. The van der Waals surface area contributed by atoms with Gasteiger partial charge in [-0.25, -0.2) is 8.42 Å². The van der Waals surface area contributed by atoms with Crippen LogP contribution in [0.25, 0.3) is 0 Å². The summed E-state index contributed by atoms with van der Waals surface area (Å²) in [6.45, 7) is 1.81. The molecule has 0 spiro atoms. The molecule has 0 aliphatic rings. The number of hydrogen-bond acceptors (Lipinski definition) is 4. The Hall–Kier alpha value is -3.56. The first-order valence-corrected chi connectivity index (χ1v) is 17.1. The number of amides is 2. The van der Waals surface area contributed by atoms with Gasteiger partial charge in [-0.2, -0.15) is 0 Å². The Kier molecular flexibility index (Phi) is 12.3. The van der Waals surface area contributed by atoms with Gasteiger partial charge in [-0.15, -0.1) is 0 Å². The van der Waals surface area contributed by atoms with E-state index < -0.39 is 28.5 Å².